The zero-order valence-electron chi connectivity index (χ0n) is 14.6. The monoisotopic (exact) mass is 364 g/mol. The molecule has 1 saturated heterocycles. The van der Waals surface area contributed by atoms with Crippen LogP contribution in [0.25, 0.3) is 0 Å². The number of hydrogen-bond donors (Lipinski definition) is 1. The highest BCUT2D eigenvalue weighted by molar-refractivity contribution is 7.88. The van der Waals surface area contributed by atoms with E-state index < -0.39 is 10.0 Å². The number of piperazine rings is 1. The third kappa shape index (κ3) is 4.02. The van der Waals surface area contributed by atoms with E-state index in [1.54, 1.807) is 29.9 Å². The Morgan fingerprint density at radius 2 is 2.20 bits per heavy atom. The Morgan fingerprint density at radius 3 is 2.88 bits per heavy atom. The van der Waals surface area contributed by atoms with Crippen LogP contribution in [0.4, 0.5) is 0 Å². The van der Waals surface area contributed by atoms with Crippen LogP contribution in [0.3, 0.4) is 0 Å². The van der Waals surface area contributed by atoms with Crippen molar-refractivity contribution in [2.75, 3.05) is 33.3 Å². The first-order chi connectivity index (χ1) is 12.0. The minimum atomic E-state index is -3.41. The lowest BCUT2D eigenvalue weighted by Crippen LogP contribution is -2.50. The van der Waals surface area contributed by atoms with Crippen LogP contribution >= 0.6 is 0 Å². The van der Waals surface area contributed by atoms with Gasteiger partial charge in [-0.25, -0.2) is 13.4 Å². The summed E-state index contributed by atoms with van der Waals surface area (Å²) in [6, 6.07) is 7.15. The summed E-state index contributed by atoms with van der Waals surface area (Å²) in [5.74, 6) is 1.45. The molecule has 0 bridgehead atoms. The molecule has 25 heavy (non-hydrogen) atoms. The van der Waals surface area contributed by atoms with Gasteiger partial charge in [0.15, 0.2) is 0 Å². The van der Waals surface area contributed by atoms with E-state index in [-0.39, 0.29) is 11.8 Å². The van der Waals surface area contributed by atoms with Crippen LogP contribution in [0.15, 0.2) is 36.7 Å². The molecule has 0 aliphatic carbocycles. The molecule has 2 heterocycles. The maximum Gasteiger partial charge on any atom is 0.218 e. The molecule has 0 amide bonds. The molecule has 1 atom stereocenters. The van der Waals surface area contributed by atoms with Gasteiger partial charge in [0.1, 0.15) is 11.6 Å². The number of rotatable bonds is 6. The topological polar surface area (TPSA) is 78.5 Å². The minimum Gasteiger partial charge on any atom is -0.497 e. The third-order valence-electron chi connectivity index (χ3n) is 4.57. The van der Waals surface area contributed by atoms with E-state index in [2.05, 4.69) is 21.8 Å². The van der Waals surface area contributed by atoms with Gasteiger partial charge >= 0.3 is 0 Å². The number of benzene rings is 1. The highest BCUT2D eigenvalue weighted by atomic mass is 32.2. The molecule has 0 radical (unpaired) electrons. The van der Waals surface area contributed by atoms with Crippen LogP contribution < -0.4 is 4.74 Å². The number of ether oxygens (including phenoxy) is 1. The number of likely N-dealkylation sites (N-methyl/N-ethyl adjacent to an activating group) is 1. The normalized spacial score (nSPS) is 19.8. The Bertz CT molecular complexity index is 792. The van der Waals surface area contributed by atoms with Gasteiger partial charge in [0.25, 0.3) is 0 Å². The number of aromatic amines is 1. The van der Waals surface area contributed by atoms with Gasteiger partial charge in [-0.2, -0.15) is 4.31 Å². The number of sulfonamides is 1. The van der Waals surface area contributed by atoms with Gasteiger partial charge in [-0.15, -0.1) is 0 Å². The summed E-state index contributed by atoms with van der Waals surface area (Å²) >= 11 is 0. The maximum atomic E-state index is 12.9. The maximum absolute atomic E-state index is 12.9. The molecule has 136 valence electrons. The van der Waals surface area contributed by atoms with Crippen LogP contribution in [0, 0.1) is 0 Å². The number of aromatic nitrogens is 2. The number of H-pyrrole nitrogens is 1. The Morgan fingerprint density at radius 1 is 1.36 bits per heavy atom. The van der Waals surface area contributed by atoms with E-state index in [9.17, 15) is 8.42 Å². The van der Waals surface area contributed by atoms with Gasteiger partial charge in [0.05, 0.1) is 18.9 Å². The summed E-state index contributed by atoms with van der Waals surface area (Å²) in [7, 11) is -1.83. The average molecular weight is 364 g/mol. The molecular weight excluding hydrogens is 340 g/mol. The Balaban J connectivity index is 1.77. The molecule has 8 heteroatoms. The van der Waals surface area contributed by atoms with Crippen molar-refractivity contribution in [1.82, 2.24) is 19.2 Å². The third-order valence-corrected chi connectivity index (χ3v) is 6.39. The first-order valence-electron chi connectivity index (χ1n) is 8.37. The number of nitrogens with one attached hydrogen (secondary N) is 1. The van der Waals surface area contributed by atoms with Crippen molar-refractivity contribution < 1.29 is 13.2 Å². The van der Waals surface area contributed by atoms with Crippen molar-refractivity contribution in [2.24, 2.45) is 0 Å². The van der Waals surface area contributed by atoms with Gasteiger partial charge in [-0.05, 0) is 24.2 Å². The zero-order valence-corrected chi connectivity index (χ0v) is 15.4. The average Bonchev–Trinajstić information content (AvgIpc) is 3.15. The first kappa shape index (κ1) is 17.9. The van der Waals surface area contributed by atoms with Gasteiger partial charge in [0, 0.05) is 32.0 Å². The lowest BCUT2D eigenvalue weighted by atomic mass is 10.2. The molecular formula is C17H24N4O3S. The second-order valence-corrected chi connectivity index (χ2v) is 8.05. The summed E-state index contributed by atoms with van der Waals surface area (Å²) in [5, 5.41) is 0. The summed E-state index contributed by atoms with van der Waals surface area (Å²) in [6.07, 6.45) is 3.47. The fourth-order valence-electron chi connectivity index (χ4n) is 3.21. The Kier molecular flexibility index (Phi) is 5.41. The number of hydrogen-bond acceptors (Lipinski definition) is 5. The Hall–Kier alpha value is -1.90. The summed E-state index contributed by atoms with van der Waals surface area (Å²) in [5.41, 5.74) is 0.729. The van der Waals surface area contributed by atoms with Crippen LogP contribution in [0.1, 0.15) is 24.4 Å². The number of imidazole rings is 1. The predicted octanol–water partition coefficient (Wildman–Crippen LogP) is 1.63. The summed E-state index contributed by atoms with van der Waals surface area (Å²) in [6.45, 7) is 4.54. The highest BCUT2D eigenvalue weighted by Crippen LogP contribution is 2.26. The Labute approximate surface area is 148 Å². The standard InChI is InChI=1S/C17H24N4O3S/c1-3-20-9-10-21(12-16(20)17-18-7-8-19-17)25(22,23)13-14-5-4-6-15(11-14)24-2/h4-8,11,16H,3,9-10,12-13H2,1-2H3,(H,18,19)/t16-/m1/s1. The van der Waals surface area contributed by atoms with Crippen LogP contribution in [-0.4, -0.2) is 60.9 Å². The van der Waals surface area contributed by atoms with Gasteiger partial charge in [0.2, 0.25) is 10.0 Å². The van der Waals surface area contributed by atoms with Crippen molar-refractivity contribution in [3.63, 3.8) is 0 Å². The molecule has 1 fully saturated rings. The second-order valence-electron chi connectivity index (χ2n) is 6.08. The molecule has 0 spiro atoms. The number of nitrogens with zero attached hydrogens (tertiary/aromatic N) is 3. The fourth-order valence-corrected chi connectivity index (χ4v) is 4.72. The van der Waals surface area contributed by atoms with E-state index in [4.69, 9.17) is 4.74 Å². The smallest absolute Gasteiger partial charge is 0.218 e. The summed E-state index contributed by atoms with van der Waals surface area (Å²) < 4.78 is 32.6. The molecule has 0 unspecified atom stereocenters. The van der Waals surface area contributed by atoms with Gasteiger partial charge < -0.3 is 9.72 Å². The SMILES string of the molecule is CCN1CCN(S(=O)(=O)Cc2cccc(OC)c2)C[C@@H]1c1ncc[nH]1. The molecule has 1 aromatic carbocycles. The lowest BCUT2D eigenvalue weighted by Gasteiger charge is -2.39. The van der Waals surface area contributed by atoms with Gasteiger partial charge in [-0.3, -0.25) is 4.90 Å². The van der Waals surface area contributed by atoms with Crippen molar-refractivity contribution in [2.45, 2.75) is 18.7 Å². The van der Waals surface area contributed by atoms with E-state index in [1.165, 1.54) is 0 Å². The van der Waals surface area contributed by atoms with Crippen molar-refractivity contribution in [3.8, 4) is 5.75 Å². The second kappa shape index (κ2) is 7.55. The van der Waals surface area contributed by atoms with Crippen molar-refractivity contribution in [1.29, 1.82) is 0 Å². The quantitative estimate of drug-likeness (QED) is 0.843. The molecule has 2 aromatic rings. The predicted molar refractivity (Wildman–Crippen MR) is 95.8 cm³/mol. The highest BCUT2D eigenvalue weighted by Gasteiger charge is 2.34. The molecule has 1 N–H and O–H groups in total. The molecule has 1 aromatic heterocycles. The minimum absolute atomic E-state index is 0.0266. The molecule has 1 aliphatic rings. The van der Waals surface area contributed by atoms with Crippen molar-refractivity contribution >= 4 is 10.0 Å². The first-order valence-corrected chi connectivity index (χ1v) is 9.98. The molecule has 0 saturated carbocycles. The molecule has 3 rings (SSSR count). The zero-order chi connectivity index (χ0) is 17.9. The van der Waals surface area contributed by atoms with E-state index >= 15 is 0 Å². The fraction of sp³-hybridized carbons (Fsp3) is 0.471. The summed E-state index contributed by atoms with van der Waals surface area (Å²) in [4.78, 5) is 9.69. The van der Waals surface area contributed by atoms with Crippen LogP contribution in [-0.2, 0) is 15.8 Å². The van der Waals surface area contributed by atoms with Crippen LogP contribution in [0.5, 0.6) is 5.75 Å². The van der Waals surface area contributed by atoms with Crippen molar-refractivity contribution in [3.05, 3.63) is 48.0 Å². The largest absolute Gasteiger partial charge is 0.497 e. The van der Waals surface area contributed by atoms with Crippen LogP contribution in [0.2, 0.25) is 0 Å². The lowest BCUT2D eigenvalue weighted by molar-refractivity contribution is 0.119. The van der Waals surface area contributed by atoms with E-state index in [1.807, 2.05) is 18.2 Å². The van der Waals surface area contributed by atoms with E-state index in [0.29, 0.717) is 25.4 Å². The molecule has 1 aliphatic heterocycles. The van der Waals surface area contributed by atoms with Gasteiger partial charge in [-0.1, -0.05) is 19.1 Å². The molecule has 7 nitrogen and oxygen atoms in total. The van der Waals surface area contributed by atoms with E-state index in [0.717, 1.165) is 17.9 Å². The number of methoxy groups -OCH3 is 1.